The first-order valence-corrected chi connectivity index (χ1v) is 11.2. The number of esters is 1. The fourth-order valence-electron chi connectivity index (χ4n) is 3.14. The maximum absolute atomic E-state index is 12.9. The van der Waals surface area contributed by atoms with Crippen molar-refractivity contribution in [3.8, 4) is 0 Å². The number of hydrogen-bond donors (Lipinski definition) is 2. The Balaban J connectivity index is 1.86. The number of ether oxygens (including phenoxy) is 1. The summed E-state index contributed by atoms with van der Waals surface area (Å²) in [6, 6.07) is 14.3. The minimum atomic E-state index is -0.586. The maximum atomic E-state index is 12.9. The molecular formula is C24H23ClN2O4S. The Hall–Kier alpha value is -3.16. The van der Waals surface area contributed by atoms with Crippen LogP contribution in [0.5, 0.6) is 0 Å². The molecule has 1 heterocycles. The molecule has 2 amide bonds. The van der Waals surface area contributed by atoms with Crippen molar-refractivity contribution in [1.82, 2.24) is 0 Å². The molecule has 8 heteroatoms. The largest absolute Gasteiger partial charge is 0.462 e. The van der Waals surface area contributed by atoms with E-state index in [-0.39, 0.29) is 35.4 Å². The zero-order valence-corrected chi connectivity index (χ0v) is 19.5. The molecule has 2 aromatic carbocycles. The number of hydrogen-bond acceptors (Lipinski definition) is 5. The SMILES string of the molecule is CCOC(=O)c1c(NC(=O)Cc2ccc(Cl)cc2)sc(C(=O)Nc2cccc(C)c2)c1C. The van der Waals surface area contributed by atoms with Crippen LogP contribution in [-0.4, -0.2) is 24.4 Å². The number of amides is 2. The minimum Gasteiger partial charge on any atom is -0.462 e. The van der Waals surface area contributed by atoms with Gasteiger partial charge in [0.15, 0.2) is 0 Å². The summed E-state index contributed by atoms with van der Waals surface area (Å²) in [5.74, 6) is -1.26. The van der Waals surface area contributed by atoms with Gasteiger partial charge in [-0.15, -0.1) is 11.3 Å². The third-order valence-electron chi connectivity index (χ3n) is 4.64. The summed E-state index contributed by atoms with van der Waals surface area (Å²) >= 11 is 6.94. The van der Waals surface area contributed by atoms with E-state index in [9.17, 15) is 14.4 Å². The second-order valence-electron chi connectivity index (χ2n) is 7.16. The van der Waals surface area contributed by atoms with E-state index in [4.69, 9.17) is 16.3 Å². The van der Waals surface area contributed by atoms with E-state index in [2.05, 4.69) is 10.6 Å². The summed E-state index contributed by atoms with van der Waals surface area (Å²) in [4.78, 5) is 38.5. The smallest absolute Gasteiger partial charge is 0.341 e. The standard InChI is InChI=1S/C24H23ClN2O4S/c1-4-31-24(30)20-15(3)21(22(29)26-18-7-5-6-14(2)12-18)32-23(20)27-19(28)13-16-8-10-17(25)11-9-16/h5-12H,4,13H2,1-3H3,(H,26,29)(H,27,28). The highest BCUT2D eigenvalue weighted by atomic mass is 35.5. The van der Waals surface area contributed by atoms with Crippen LogP contribution in [0.15, 0.2) is 48.5 Å². The summed E-state index contributed by atoms with van der Waals surface area (Å²) < 4.78 is 5.16. The Morgan fingerprint density at radius 2 is 1.75 bits per heavy atom. The molecule has 0 radical (unpaired) electrons. The molecule has 0 atom stereocenters. The number of benzene rings is 2. The second kappa shape index (κ2) is 10.4. The molecule has 0 aliphatic carbocycles. The van der Waals surface area contributed by atoms with Crippen LogP contribution < -0.4 is 10.6 Å². The molecule has 2 N–H and O–H groups in total. The lowest BCUT2D eigenvalue weighted by Crippen LogP contribution is -2.16. The molecule has 0 unspecified atom stereocenters. The molecule has 6 nitrogen and oxygen atoms in total. The van der Waals surface area contributed by atoms with Crippen LogP contribution in [-0.2, 0) is 16.0 Å². The van der Waals surface area contributed by atoms with E-state index < -0.39 is 5.97 Å². The van der Waals surface area contributed by atoms with E-state index in [0.29, 0.717) is 21.2 Å². The monoisotopic (exact) mass is 470 g/mol. The van der Waals surface area contributed by atoms with Crippen molar-refractivity contribution < 1.29 is 19.1 Å². The number of carbonyl (C=O) groups excluding carboxylic acids is 3. The van der Waals surface area contributed by atoms with E-state index in [1.807, 2.05) is 25.1 Å². The third-order valence-corrected chi connectivity index (χ3v) is 6.10. The minimum absolute atomic E-state index is 0.0984. The molecule has 0 fully saturated rings. The maximum Gasteiger partial charge on any atom is 0.341 e. The Kier molecular flexibility index (Phi) is 7.66. The molecule has 1 aromatic heterocycles. The Labute approximate surface area is 195 Å². The van der Waals surface area contributed by atoms with E-state index in [1.165, 1.54) is 0 Å². The molecule has 0 spiro atoms. The first-order chi connectivity index (χ1) is 15.3. The van der Waals surface area contributed by atoms with Crippen LogP contribution in [0.25, 0.3) is 0 Å². The van der Waals surface area contributed by atoms with E-state index in [0.717, 1.165) is 22.5 Å². The molecule has 3 rings (SSSR count). The Morgan fingerprint density at radius 1 is 1.03 bits per heavy atom. The number of thiophene rings is 1. The van der Waals surface area contributed by atoms with Crippen LogP contribution in [0.3, 0.4) is 0 Å². The number of carbonyl (C=O) groups is 3. The van der Waals surface area contributed by atoms with Gasteiger partial charge in [0, 0.05) is 10.7 Å². The third kappa shape index (κ3) is 5.75. The normalized spacial score (nSPS) is 10.5. The van der Waals surface area contributed by atoms with Gasteiger partial charge in [0.2, 0.25) is 5.91 Å². The second-order valence-corrected chi connectivity index (χ2v) is 8.61. The van der Waals surface area contributed by atoms with E-state index >= 15 is 0 Å². The van der Waals surface area contributed by atoms with Crippen molar-refractivity contribution in [1.29, 1.82) is 0 Å². The van der Waals surface area contributed by atoms with Gasteiger partial charge in [-0.1, -0.05) is 35.9 Å². The predicted octanol–water partition coefficient (Wildman–Crippen LogP) is 5.63. The van der Waals surface area contributed by atoms with Gasteiger partial charge < -0.3 is 15.4 Å². The molecule has 32 heavy (non-hydrogen) atoms. The lowest BCUT2D eigenvalue weighted by atomic mass is 10.1. The lowest BCUT2D eigenvalue weighted by molar-refractivity contribution is -0.115. The summed E-state index contributed by atoms with van der Waals surface area (Å²) in [6.45, 7) is 5.48. The summed E-state index contributed by atoms with van der Waals surface area (Å²) in [7, 11) is 0. The van der Waals surface area contributed by atoms with Crippen molar-refractivity contribution in [2.24, 2.45) is 0 Å². The van der Waals surface area contributed by atoms with Crippen molar-refractivity contribution in [3.05, 3.63) is 80.7 Å². The van der Waals surface area contributed by atoms with Gasteiger partial charge in [-0.25, -0.2) is 4.79 Å². The number of rotatable bonds is 7. The quantitative estimate of drug-likeness (QED) is 0.438. The molecule has 166 valence electrons. The summed E-state index contributed by atoms with van der Waals surface area (Å²) in [5, 5.41) is 6.48. The van der Waals surface area contributed by atoms with Crippen molar-refractivity contribution >= 4 is 51.4 Å². The summed E-state index contributed by atoms with van der Waals surface area (Å²) in [6.07, 6.45) is 0.0984. The van der Waals surface area contributed by atoms with E-state index in [1.54, 1.807) is 44.2 Å². The van der Waals surface area contributed by atoms with Crippen LogP contribution in [0.2, 0.25) is 5.02 Å². The number of anilines is 2. The zero-order valence-electron chi connectivity index (χ0n) is 18.0. The van der Waals surface area contributed by atoms with Crippen LogP contribution >= 0.6 is 22.9 Å². The van der Waals surface area contributed by atoms with Crippen molar-refractivity contribution in [2.45, 2.75) is 27.2 Å². The Morgan fingerprint density at radius 3 is 2.41 bits per heavy atom. The first kappa shape index (κ1) is 23.5. The number of aryl methyl sites for hydroxylation is 1. The van der Waals surface area contributed by atoms with Crippen LogP contribution in [0, 0.1) is 13.8 Å². The molecule has 0 bridgehead atoms. The highest BCUT2D eigenvalue weighted by Crippen LogP contribution is 2.34. The first-order valence-electron chi connectivity index (χ1n) is 10.0. The highest BCUT2D eigenvalue weighted by Gasteiger charge is 2.26. The molecule has 0 aliphatic rings. The van der Waals surface area contributed by atoms with Crippen molar-refractivity contribution in [2.75, 3.05) is 17.2 Å². The average Bonchev–Trinajstić information content (AvgIpc) is 3.05. The lowest BCUT2D eigenvalue weighted by Gasteiger charge is -2.07. The Bertz CT molecular complexity index is 1160. The molecule has 3 aromatic rings. The highest BCUT2D eigenvalue weighted by molar-refractivity contribution is 7.18. The van der Waals surface area contributed by atoms with Crippen molar-refractivity contribution in [3.63, 3.8) is 0 Å². The number of nitrogens with one attached hydrogen (secondary N) is 2. The fourth-order valence-corrected chi connectivity index (χ4v) is 4.37. The zero-order chi connectivity index (χ0) is 23.3. The van der Waals surface area contributed by atoms with Gasteiger partial charge in [-0.2, -0.15) is 0 Å². The summed E-state index contributed by atoms with van der Waals surface area (Å²) in [5.41, 5.74) is 3.08. The van der Waals surface area contributed by atoms with Gasteiger partial charge in [0.1, 0.15) is 5.00 Å². The van der Waals surface area contributed by atoms with Gasteiger partial charge in [-0.05, 0) is 61.7 Å². The topological polar surface area (TPSA) is 84.5 Å². The molecule has 0 saturated carbocycles. The van der Waals surface area contributed by atoms with Gasteiger partial charge in [-0.3, -0.25) is 9.59 Å². The number of halogens is 1. The van der Waals surface area contributed by atoms with Crippen LogP contribution in [0.4, 0.5) is 10.7 Å². The van der Waals surface area contributed by atoms with Gasteiger partial charge >= 0.3 is 5.97 Å². The van der Waals surface area contributed by atoms with Gasteiger partial charge in [0.05, 0.1) is 23.5 Å². The van der Waals surface area contributed by atoms with Crippen LogP contribution in [0.1, 0.15) is 43.6 Å². The van der Waals surface area contributed by atoms with Gasteiger partial charge in [0.25, 0.3) is 5.91 Å². The molecule has 0 saturated heterocycles. The molecular weight excluding hydrogens is 448 g/mol. The average molecular weight is 471 g/mol. The fraction of sp³-hybridized carbons (Fsp3) is 0.208. The predicted molar refractivity (Wildman–Crippen MR) is 128 cm³/mol. The molecule has 0 aliphatic heterocycles.